The van der Waals surface area contributed by atoms with Gasteiger partial charge in [0.15, 0.2) is 0 Å². The first-order valence-electron chi connectivity index (χ1n) is 8.92. The van der Waals surface area contributed by atoms with Gasteiger partial charge in [0, 0.05) is 18.4 Å². The van der Waals surface area contributed by atoms with Crippen LogP contribution in [0.1, 0.15) is 21.5 Å². The number of nitrogens with zero attached hydrogens (tertiary/aromatic N) is 2. The van der Waals surface area contributed by atoms with Gasteiger partial charge >= 0.3 is 0 Å². The zero-order valence-corrected chi connectivity index (χ0v) is 15.4. The van der Waals surface area contributed by atoms with Crippen molar-refractivity contribution < 1.29 is 9.53 Å². The van der Waals surface area contributed by atoms with Gasteiger partial charge in [-0.1, -0.05) is 24.3 Å². The highest BCUT2D eigenvalue weighted by Crippen LogP contribution is 2.31. The molecule has 0 unspecified atom stereocenters. The highest BCUT2D eigenvalue weighted by Gasteiger charge is 2.25. The molecule has 3 aromatic rings. The summed E-state index contributed by atoms with van der Waals surface area (Å²) in [5.74, 6) is 0.707. The molecule has 0 saturated carbocycles. The van der Waals surface area contributed by atoms with E-state index in [0.29, 0.717) is 12.1 Å². The van der Waals surface area contributed by atoms with Gasteiger partial charge in [-0.3, -0.25) is 9.78 Å². The Labute approximate surface area is 158 Å². The van der Waals surface area contributed by atoms with Crippen molar-refractivity contribution >= 4 is 23.0 Å². The number of fused-ring (bicyclic) bond motifs is 1. The molecule has 0 fully saturated rings. The zero-order valence-electron chi connectivity index (χ0n) is 15.4. The summed E-state index contributed by atoms with van der Waals surface area (Å²) in [5, 5.41) is 3.31. The zero-order chi connectivity index (χ0) is 18.8. The Bertz CT molecular complexity index is 1000. The molecule has 0 aliphatic carbocycles. The number of rotatable bonds is 4. The van der Waals surface area contributed by atoms with Crippen molar-refractivity contribution in [1.29, 1.82) is 0 Å². The average molecular weight is 359 g/mol. The maximum atomic E-state index is 13.0. The van der Waals surface area contributed by atoms with E-state index < -0.39 is 0 Å². The van der Waals surface area contributed by atoms with E-state index >= 15 is 0 Å². The third-order valence-corrected chi connectivity index (χ3v) is 4.75. The second-order valence-electron chi connectivity index (χ2n) is 6.63. The quantitative estimate of drug-likeness (QED) is 0.753. The number of pyridine rings is 1. The molecule has 1 aliphatic heterocycles. The van der Waals surface area contributed by atoms with Crippen LogP contribution in [0.3, 0.4) is 0 Å². The predicted molar refractivity (Wildman–Crippen MR) is 107 cm³/mol. The number of carbonyl (C=O) groups is 1. The first-order chi connectivity index (χ1) is 13.2. The molecule has 1 aromatic heterocycles. The number of aryl methyl sites for hydroxylation is 1. The Morgan fingerprint density at radius 3 is 2.85 bits per heavy atom. The number of anilines is 3. The van der Waals surface area contributed by atoms with Gasteiger partial charge in [-0.15, -0.1) is 0 Å². The van der Waals surface area contributed by atoms with E-state index in [-0.39, 0.29) is 5.91 Å². The molecular formula is C22H21N3O2. The Balaban J connectivity index is 1.60. The molecule has 136 valence electrons. The lowest BCUT2D eigenvalue weighted by Crippen LogP contribution is -2.29. The van der Waals surface area contributed by atoms with Crippen LogP contribution < -0.4 is 15.0 Å². The summed E-state index contributed by atoms with van der Waals surface area (Å²) in [6, 6.07) is 15.8. The van der Waals surface area contributed by atoms with Gasteiger partial charge in [-0.25, -0.2) is 0 Å². The summed E-state index contributed by atoms with van der Waals surface area (Å²) in [6.07, 6.45) is 4.20. The van der Waals surface area contributed by atoms with E-state index in [4.69, 9.17) is 4.74 Å². The minimum Gasteiger partial charge on any atom is -0.495 e. The van der Waals surface area contributed by atoms with Gasteiger partial charge in [0.2, 0.25) is 0 Å². The van der Waals surface area contributed by atoms with Crippen LogP contribution in [0.4, 0.5) is 17.1 Å². The normalized spacial score (nSPS) is 12.6. The van der Waals surface area contributed by atoms with Crippen LogP contribution in [0.5, 0.6) is 5.75 Å². The van der Waals surface area contributed by atoms with Crippen LogP contribution in [-0.2, 0) is 6.42 Å². The number of carbonyl (C=O) groups excluding carboxylic acids is 1. The SMILES string of the molecule is COc1ccc(C)cc1Nc1cncc(C(=O)N2CCc3ccccc32)c1. The lowest BCUT2D eigenvalue weighted by molar-refractivity contribution is 0.0989. The highest BCUT2D eigenvalue weighted by atomic mass is 16.5. The molecule has 1 aliphatic rings. The summed E-state index contributed by atoms with van der Waals surface area (Å²) < 4.78 is 5.41. The molecule has 0 bridgehead atoms. The number of amides is 1. The molecule has 5 nitrogen and oxygen atoms in total. The number of hydrogen-bond acceptors (Lipinski definition) is 4. The maximum absolute atomic E-state index is 13.0. The summed E-state index contributed by atoms with van der Waals surface area (Å²) in [7, 11) is 1.64. The van der Waals surface area contributed by atoms with Crippen LogP contribution in [-0.4, -0.2) is 24.5 Å². The molecule has 0 atom stereocenters. The van der Waals surface area contributed by atoms with Crippen molar-refractivity contribution in [2.75, 3.05) is 23.9 Å². The number of nitrogens with one attached hydrogen (secondary N) is 1. The minimum atomic E-state index is -0.0349. The molecular weight excluding hydrogens is 338 g/mol. The first kappa shape index (κ1) is 17.1. The second-order valence-corrected chi connectivity index (χ2v) is 6.63. The number of ether oxygens (including phenoxy) is 1. The molecule has 5 heteroatoms. The van der Waals surface area contributed by atoms with E-state index in [0.717, 1.165) is 34.8 Å². The topological polar surface area (TPSA) is 54.5 Å². The summed E-state index contributed by atoms with van der Waals surface area (Å²) in [6.45, 7) is 2.72. The number of aromatic nitrogens is 1. The Morgan fingerprint density at radius 1 is 1.15 bits per heavy atom. The lowest BCUT2D eigenvalue weighted by atomic mass is 10.1. The molecule has 0 radical (unpaired) electrons. The van der Waals surface area contributed by atoms with Crippen LogP contribution in [0, 0.1) is 6.92 Å². The van der Waals surface area contributed by atoms with Crippen LogP contribution in [0.2, 0.25) is 0 Å². The Morgan fingerprint density at radius 2 is 2.00 bits per heavy atom. The fourth-order valence-corrected chi connectivity index (χ4v) is 3.41. The number of hydrogen-bond donors (Lipinski definition) is 1. The number of benzene rings is 2. The van der Waals surface area contributed by atoms with Gasteiger partial charge in [-0.05, 0) is 48.7 Å². The highest BCUT2D eigenvalue weighted by molar-refractivity contribution is 6.07. The summed E-state index contributed by atoms with van der Waals surface area (Å²) in [5.41, 5.74) is 5.46. The van der Waals surface area contributed by atoms with Gasteiger partial charge in [0.05, 0.1) is 30.2 Å². The van der Waals surface area contributed by atoms with E-state index in [2.05, 4.69) is 16.4 Å². The molecule has 4 rings (SSSR count). The van der Waals surface area contributed by atoms with E-state index in [1.165, 1.54) is 5.56 Å². The van der Waals surface area contributed by atoms with Gasteiger partial charge in [0.25, 0.3) is 5.91 Å². The molecule has 2 aromatic carbocycles. The third-order valence-electron chi connectivity index (χ3n) is 4.75. The Kier molecular flexibility index (Phi) is 4.50. The molecule has 0 saturated heterocycles. The fourth-order valence-electron chi connectivity index (χ4n) is 3.41. The standard InChI is InChI=1S/C22H21N3O2/c1-15-7-8-21(27-2)19(11-15)24-18-12-17(13-23-14-18)22(26)25-10-9-16-5-3-4-6-20(16)25/h3-8,11-14,24H,9-10H2,1-2H3. The van der Waals surface area contributed by atoms with E-state index in [1.807, 2.05) is 54.3 Å². The number of methoxy groups -OCH3 is 1. The predicted octanol–water partition coefficient (Wildman–Crippen LogP) is 4.35. The smallest absolute Gasteiger partial charge is 0.259 e. The van der Waals surface area contributed by atoms with Crippen molar-refractivity contribution in [2.24, 2.45) is 0 Å². The van der Waals surface area contributed by atoms with Gasteiger partial charge < -0.3 is 15.0 Å². The van der Waals surface area contributed by atoms with Gasteiger partial charge in [-0.2, -0.15) is 0 Å². The third kappa shape index (κ3) is 3.36. The first-order valence-corrected chi connectivity index (χ1v) is 8.92. The van der Waals surface area contributed by atoms with Crippen molar-refractivity contribution in [3.8, 4) is 5.75 Å². The van der Waals surface area contributed by atoms with Crippen LogP contribution in [0.25, 0.3) is 0 Å². The van der Waals surface area contributed by atoms with Crippen molar-refractivity contribution in [3.05, 3.63) is 77.6 Å². The molecule has 27 heavy (non-hydrogen) atoms. The monoisotopic (exact) mass is 359 g/mol. The number of para-hydroxylation sites is 1. The van der Waals surface area contributed by atoms with Crippen molar-refractivity contribution in [1.82, 2.24) is 4.98 Å². The van der Waals surface area contributed by atoms with E-state index in [9.17, 15) is 4.79 Å². The molecule has 1 amide bonds. The minimum absolute atomic E-state index is 0.0349. The van der Waals surface area contributed by atoms with Crippen molar-refractivity contribution in [3.63, 3.8) is 0 Å². The lowest BCUT2D eigenvalue weighted by Gasteiger charge is -2.18. The van der Waals surface area contributed by atoms with Crippen LogP contribution >= 0.6 is 0 Å². The fraction of sp³-hybridized carbons (Fsp3) is 0.182. The maximum Gasteiger partial charge on any atom is 0.259 e. The summed E-state index contributed by atoms with van der Waals surface area (Å²) in [4.78, 5) is 19.1. The van der Waals surface area contributed by atoms with E-state index in [1.54, 1.807) is 19.5 Å². The molecule has 0 spiro atoms. The Hall–Kier alpha value is -3.34. The van der Waals surface area contributed by atoms with Crippen LogP contribution in [0.15, 0.2) is 60.9 Å². The largest absolute Gasteiger partial charge is 0.495 e. The summed E-state index contributed by atoms with van der Waals surface area (Å²) >= 11 is 0. The molecule has 2 heterocycles. The second kappa shape index (κ2) is 7.11. The molecule has 1 N–H and O–H groups in total. The average Bonchev–Trinajstić information content (AvgIpc) is 3.12. The van der Waals surface area contributed by atoms with Gasteiger partial charge in [0.1, 0.15) is 5.75 Å². The van der Waals surface area contributed by atoms with Crippen molar-refractivity contribution in [2.45, 2.75) is 13.3 Å².